The second-order valence-electron chi connectivity index (χ2n) is 5.05. The van der Waals surface area contributed by atoms with Gasteiger partial charge in [0.15, 0.2) is 17.4 Å². The molecule has 0 saturated carbocycles. The van der Waals surface area contributed by atoms with Gasteiger partial charge in [0.05, 0.1) is 11.0 Å². The number of nitrogens with zero attached hydrogens (tertiary/aromatic N) is 3. The van der Waals surface area contributed by atoms with Gasteiger partial charge in [-0.05, 0) is 22.0 Å². The summed E-state index contributed by atoms with van der Waals surface area (Å²) in [5.74, 6) is 0.0985. The van der Waals surface area contributed by atoms with E-state index in [4.69, 9.17) is 4.42 Å². The maximum Gasteiger partial charge on any atom is 0.278 e. The number of carbonyl (C=O) groups excluding carboxylic acids is 1. The Hall–Kier alpha value is -2.48. The molecule has 0 saturated heterocycles. The summed E-state index contributed by atoms with van der Waals surface area (Å²) in [4.78, 5) is 16.2. The molecule has 8 heteroatoms. The van der Waals surface area contributed by atoms with Crippen molar-refractivity contribution in [2.75, 3.05) is 5.32 Å². The Kier molecular flexibility index (Phi) is 4.75. The fraction of sp³-hybridized carbons (Fsp3) is 0.188. The number of nitrogens with one attached hydrogen (secondary N) is 1. The average molecular weight is 393 g/mol. The van der Waals surface area contributed by atoms with E-state index in [1.54, 1.807) is 29.1 Å². The Bertz CT molecular complexity index is 875. The van der Waals surface area contributed by atoms with E-state index < -0.39 is 5.91 Å². The molecular formula is C16H14BrFN4O2. The highest BCUT2D eigenvalue weighted by atomic mass is 79.9. The first-order valence-electron chi connectivity index (χ1n) is 7.29. The van der Waals surface area contributed by atoms with Crippen molar-refractivity contribution >= 4 is 27.7 Å². The van der Waals surface area contributed by atoms with Crippen LogP contribution in [0.15, 0.2) is 45.6 Å². The highest BCUT2D eigenvalue weighted by Crippen LogP contribution is 2.22. The normalized spacial score (nSPS) is 10.8. The monoisotopic (exact) mass is 392 g/mol. The number of halogens is 2. The first kappa shape index (κ1) is 16.4. The molecule has 0 unspecified atom stereocenters. The van der Waals surface area contributed by atoms with Crippen molar-refractivity contribution in [3.05, 3.63) is 64.2 Å². The van der Waals surface area contributed by atoms with Gasteiger partial charge in [0.2, 0.25) is 0 Å². The zero-order valence-electron chi connectivity index (χ0n) is 12.8. The molecule has 0 bridgehead atoms. The van der Waals surface area contributed by atoms with Crippen molar-refractivity contribution in [2.45, 2.75) is 19.9 Å². The van der Waals surface area contributed by atoms with Crippen LogP contribution in [-0.2, 0) is 13.0 Å². The van der Waals surface area contributed by atoms with Crippen LogP contribution in [0.1, 0.15) is 28.9 Å². The lowest BCUT2D eigenvalue weighted by atomic mass is 10.2. The van der Waals surface area contributed by atoms with Crippen LogP contribution in [0.25, 0.3) is 0 Å². The van der Waals surface area contributed by atoms with Crippen molar-refractivity contribution in [3.8, 4) is 0 Å². The van der Waals surface area contributed by atoms with Gasteiger partial charge in [0, 0.05) is 18.2 Å². The fourth-order valence-corrected chi connectivity index (χ4v) is 2.53. The van der Waals surface area contributed by atoms with Crippen molar-refractivity contribution in [1.29, 1.82) is 0 Å². The minimum Gasteiger partial charge on any atom is -0.448 e. The van der Waals surface area contributed by atoms with Gasteiger partial charge in [-0.15, -0.1) is 0 Å². The molecule has 1 aromatic carbocycles. The average Bonchev–Trinajstić information content (AvgIpc) is 3.17. The Balaban J connectivity index is 1.74. The largest absolute Gasteiger partial charge is 0.448 e. The maximum absolute atomic E-state index is 13.7. The molecule has 0 aliphatic carbocycles. The summed E-state index contributed by atoms with van der Waals surface area (Å²) < 4.78 is 21.0. The summed E-state index contributed by atoms with van der Waals surface area (Å²) in [6.07, 6.45) is 3.58. The van der Waals surface area contributed by atoms with Crippen molar-refractivity contribution in [1.82, 2.24) is 14.8 Å². The second-order valence-corrected chi connectivity index (χ2v) is 5.90. The van der Waals surface area contributed by atoms with E-state index in [0.29, 0.717) is 28.2 Å². The Labute approximate surface area is 145 Å². The van der Waals surface area contributed by atoms with E-state index in [0.717, 1.165) is 0 Å². The number of aryl methyl sites for hydroxylation is 1. The third kappa shape index (κ3) is 3.53. The summed E-state index contributed by atoms with van der Waals surface area (Å²) in [5, 5.41) is 6.90. The lowest BCUT2D eigenvalue weighted by Crippen LogP contribution is -2.13. The van der Waals surface area contributed by atoms with Crippen LogP contribution in [0.2, 0.25) is 0 Å². The van der Waals surface area contributed by atoms with Gasteiger partial charge in [-0.2, -0.15) is 5.10 Å². The van der Waals surface area contributed by atoms with Crippen LogP contribution in [0.5, 0.6) is 0 Å². The van der Waals surface area contributed by atoms with Gasteiger partial charge in [0.25, 0.3) is 5.91 Å². The quantitative estimate of drug-likeness (QED) is 0.719. The first-order valence-corrected chi connectivity index (χ1v) is 8.08. The highest BCUT2D eigenvalue weighted by molar-refractivity contribution is 9.10. The molecule has 3 rings (SSSR count). The minimum atomic E-state index is -0.421. The van der Waals surface area contributed by atoms with E-state index >= 15 is 0 Å². The third-order valence-electron chi connectivity index (χ3n) is 3.33. The van der Waals surface area contributed by atoms with Gasteiger partial charge < -0.3 is 9.73 Å². The molecule has 124 valence electrons. The number of hydrogen-bond acceptors (Lipinski definition) is 4. The van der Waals surface area contributed by atoms with Gasteiger partial charge in [0.1, 0.15) is 12.1 Å². The van der Waals surface area contributed by atoms with E-state index in [2.05, 4.69) is 31.3 Å². The number of anilines is 1. The van der Waals surface area contributed by atoms with Crippen LogP contribution in [0.3, 0.4) is 0 Å². The summed E-state index contributed by atoms with van der Waals surface area (Å²) in [6, 6.07) is 6.47. The van der Waals surface area contributed by atoms with E-state index in [9.17, 15) is 9.18 Å². The number of rotatable bonds is 5. The topological polar surface area (TPSA) is 73.0 Å². The first-order chi connectivity index (χ1) is 11.6. The maximum atomic E-state index is 13.7. The molecule has 1 amide bonds. The number of hydrogen-bond donors (Lipinski definition) is 1. The van der Waals surface area contributed by atoms with E-state index in [1.165, 1.54) is 12.3 Å². The zero-order chi connectivity index (χ0) is 17.1. The molecule has 0 atom stereocenters. The number of amides is 1. The van der Waals surface area contributed by atoms with Gasteiger partial charge in [-0.1, -0.05) is 25.1 Å². The zero-order valence-corrected chi connectivity index (χ0v) is 14.4. The summed E-state index contributed by atoms with van der Waals surface area (Å²) in [6.45, 7) is 2.14. The standard InChI is InChI=1S/C16H14BrFN4O2/c1-2-14-19-13(9-24-14)16(23)20-15-11(17)8-22(21-15)7-10-5-3-4-6-12(10)18/h3-6,8-9H,2,7H2,1H3,(H,20,21,23). The number of benzene rings is 1. The molecule has 2 aromatic heterocycles. The van der Waals surface area contributed by atoms with E-state index in [1.807, 2.05) is 6.92 Å². The molecule has 24 heavy (non-hydrogen) atoms. The van der Waals surface area contributed by atoms with Crippen molar-refractivity contribution in [2.24, 2.45) is 0 Å². The van der Waals surface area contributed by atoms with Crippen LogP contribution < -0.4 is 5.32 Å². The lowest BCUT2D eigenvalue weighted by Gasteiger charge is -2.03. The molecule has 2 heterocycles. The molecule has 3 aromatic rings. The molecule has 0 aliphatic heterocycles. The van der Waals surface area contributed by atoms with Crippen LogP contribution in [0.4, 0.5) is 10.2 Å². The van der Waals surface area contributed by atoms with Gasteiger partial charge >= 0.3 is 0 Å². The smallest absolute Gasteiger partial charge is 0.278 e. The lowest BCUT2D eigenvalue weighted by molar-refractivity contribution is 0.102. The van der Waals surface area contributed by atoms with Crippen LogP contribution in [0, 0.1) is 5.82 Å². The molecule has 0 fully saturated rings. The summed E-state index contributed by atoms with van der Waals surface area (Å²) >= 11 is 3.33. The molecular weight excluding hydrogens is 379 g/mol. The van der Waals surface area contributed by atoms with Crippen LogP contribution >= 0.6 is 15.9 Å². The number of carbonyl (C=O) groups is 1. The predicted octanol–water partition coefficient (Wildman–Crippen LogP) is 3.64. The van der Waals surface area contributed by atoms with Crippen LogP contribution in [-0.4, -0.2) is 20.7 Å². The predicted molar refractivity (Wildman–Crippen MR) is 89.3 cm³/mol. The Morgan fingerprint density at radius 3 is 2.92 bits per heavy atom. The number of aromatic nitrogens is 3. The molecule has 6 nitrogen and oxygen atoms in total. The Morgan fingerprint density at radius 1 is 1.42 bits per heavy atom. The van der Waals surface area contributed by atoms with Crippen molar-refractivity contribution < 1.29 is 13.6 Å². The molecule has 0 aliphatic rings. The Morgan fingerprint density at radius 2 is 2.21 bits per heavy atom. The highest BCUT2D eigenvalue weighted by Gasteiger charge is 2.16. The van der Waals surface area contributed by atoms with E-state index in [-0.39, 0.29) is 18.1 Å². The second kappa shape index (κ2) is 6.96. The summed E-state index contributed by atoms with van der Waals surface area (Å²) in [5.41, 5.74) is 0.692. The fourth-order valence-electron chi connectivity index (χ4n) is 2.11. The SMILES string of the molecule is CCc1nc(C(=O)Nc2nn(Cc3ccccc3F)cc2Br)co1. The molecule has 0 spiro atoms. The van der Waals surface area contributed by atoms with Gasteiger partial charge in [-0.25, -0.2) is 9.37 Å². The summed E-state index contributed by atoms with van der Waals surface area (Å²) in [7, 11) is 0. The number of oxazole rings is 1. The third-order valence-corrected chi connectivity index (χ3v) is 3.91. The van der Waals surface area contributed by atoms with Gasteiger partial charge in [-0.3, -0.25) is 9.48 Å². The van der Waals surface area contributed by atoms with Crippen molar-refractivity contribution in [3.63, 3.8) is 0 Å². The molecule has 1 N–H and O–H groups in total. The minimum absolute atomic E-state index is 0.183. The molecule has 0 radical (unpaired) electrons.